The zero-order valence-corrected chi connectivity index (χ0v) is 19.1. The molecule has 2 aromatic carbocycles. The number of aliphatic hydroxyl groups is 1. The van der Waals surface area contributed by atoms with Gasteiger partial charge in [0.2, 0.25) is 0 Å². The molecule has 1 aliphatic carbocycles. The number of benzene rings is 2. The van der Waals surface area contributed by atoms with Gasteiger partial charge in [0.1, 0.15) is 17.8 Å². The fraction of sp³-hybridized carbons (Fsp3) is 0.154. The molecule has 1 amide bonds. The van der Waals surface area contributed by atoms with Crippen LogP contribution in [0.1, 0.15) is 27.5 Å². The molecular formula is C26H20F3N5O3. The first-order valence-corrected chi connectivity index (χ1v) is 11.2. The van der Waals surface area contributed by atoms with E-state index >= 15 is 0 Å². The third-order valence-electron chi connectivity index (χ3n) is 5.86. The summed E-state index contributed by atoms with van der Waals surface area (Å²) in [6.45, 7) is 0. The molecule has 0 bridgehead atoms. The van der Waals surface area contributed by atoms with Crippen LogP contribution in [0.15, 0.2) is 79.4 Å². The van der Waals surface area contributed by atoms with Gasteiger partial charge in [0.15, 0.2) is 5.82 Å². The minimum Gasteiger partial charge on any atom is -0.406 e. The summed E-state index contributed by atoms with van der Waals surface area (Å²) in [7, 11) is 0. The van der Waals surface area contributed by atoms with Crippen molar-refractivity contribution in [1.29, 1.82) is 0 Å². The second-order valence-electron chi connectivity index (χ2n) is 8.33. The largest absolute Gasteiger partial charge is 0.573 e. The molecule has 37 heavy (non-hydrogen) atoms. The Kier molecular flexibility index (Phi) is 6.45. The minimum atomic E-state index is -4.81. The van der Waals surface area contributed by atoms with E-state index in [1.807, 2.05) is 24.3 Å². The monoisotopic (exact) mass is 507 g/mol. The molecular weight excluding hydrogens is 487 g/mol. The van der Waals surface area contributed by atoms with Crippen molar-refractivity contribution < 1.29 is 27.8 Å². The fourth-order valence-corrected chi connectivity index (χ4v) is 4.18. The van der Waals surface area contributed by atoms with Gasteiger partial charge in [-0.15, -0.1) is 13.2 Å². The Labute approximate surface area is 209 Å². The number of ether oxygens (including phenoxy) is 1. The van der Waals surface area contributed by atoms with Crippen molar-refractivity contribution >= 4 is 17.4 Å². The van der Waals surface area contributed by atoms with Crippen molar-refractivity contribution in [2.24, 2.45) is 0 Å². The van der Waals surface area contributed by atoms with Gasteiger partial charge in [-0.2, -0.15) is 0 Å². The second-order valence-corrected chi connectivity index (χ2v) is 8.33. The summed E-state index contributed by atoms with van der Waals surface area (Å²) in [4.78, 5) is 25.2. The van der Waals surface area contributed by atoms with Crippen LogP contribution in [0.25, 0.3) is 11.3 Å². The van der Waals surface area contributed by atoms with E-state index in [0.29, 0.717) is 29.1 Å². The SMILES string of the molecule is O=C(Nc1cncnc1N[C@@H]1c2ccccc2C[C@H]1O)c1ccc(-c2cc(OC(F)(F)F)ccn2)cc1. The maximum absolute atomic E-state index is 12.9. The van der Waals surface area contributed by atoms with Gasteiger partial charge < -0.3 is 20.5 Å². The lowest BCUT2D eigenvalue weighted by atomic mass is 10.1. The molecule has 5 rings (SSSR count). The molecule has 11 heteroatoms. The first-order valence-electron chi connectivity index (χ1n) is 11.2. The number of nitrogens with zero attached hydrogens (tertiary/aromatic N) is 3. The van der Waals surface area contributed by atoms with Crippen LogP contribution in [0.5, 0.6) is 5.75 Å². The van der Waals surface area contributed by atoms with Crippen LogP contribution < -0.4 is 15.4 Å². The first kappa shape index (κ1) is 24.2. The van der Waals surface area contributed by atoms with Gasteiger partial charge in [-0.05, 0) is 29.3 Å². The van der Waals surface area contributed by atoms with Crippen LogP contribution in [0, 0.1) is 0 Å². The normalized spacial score (nSPS) is 16.6. The van der Waals surface area contributed by atoms with Crippen LogP contribution in [-0.2, 0) is 6.42 Å². The molecule has 1 aliphatic rings. The van der Waals surface area contributed by atoms with Crippen molar-refractivity contribution in [3.63, 3.8) is 0 Å². The zero-order valence-electron chi connectivity index (χ0n) is 19.1. The predicted molar refractivity (Wildman–Crippen MR) is 129 cm³/mol. The van der Waals surface area contributed by atoms with Crippen LogP contribution in [-0.4, -0.2) is 38.4 Å². The quantitative estimate of drug-likeness (QED) is 0.345. The summed E-state index contributed by atoms with van der Waals surface area (Å²) in [6, 6.07) is 15.8. The van der Waals surface area contributed by atoms with Gasteiger partial charge >= 0.3 is 6.36 Å². The Balaban J connectivity index is 1.31. The van der Waals surface area contributed by atoms with E-state index in [4.69, 9.17) is 0 Å². The van der Waals surface area contributed by atoms with Gasteiger partial charge in [-0.3, -0.25) is 9.78 Å². The maximum Gasteiger partial charge on any atom is 0.573 e. The van der Waals surface area contributed by atoms with E-state index < -0.39 is 30.2 Å². The van der Waals surface area contributed by atoms with Crippen molar-refractivity contribution in [3.05, 3.63) is 96.1 Å². The van der Waals surface area contributed by atoms with Gasteiger partial charge in [-0.25, -0.2) is 9.97 Å². The Morgan fingerprint density at radius 3 is 2.62 bits per heavy atom. The summed E-state index contributed by atoms with van der Waals surface area (Å²) in [5, 5.41) is 16.5. The van der Waals surface area contributed by atoms with Crippen molar-refractivity contribution in [2.75, 3.05) is 10.6 Å². The first-order chi connectivity index (χ1) is 17.8. The molecule has 4 aromatic rings. The molecule has 8 nitrogen and oxygen atoms in total. The smallest absolute Gasteiger partial charge is 0.406 e. The molecule has 0 saturated heterocycles. The number of amides is 1. The molecule has 0 spiro atoms. The van der Waals surface area contributed by atoms with E-state index in [9.17, 15) is 23.1 Å². The number of carbonyl (C=O) groups is 1. The number of anilines is 2. The third kappa shape index (κ3) is 5.51. The van der Waals surface area contributed by atoms with Gasteiger partial charge in [0.05, 0.1) is 24.0 Å². The molecule has 2 atom stereocenters. The number of aromatic nitrogens is 3. The molecule has 3 N–H and O–H groups in total. The van der Waals surface area contributed by atoms with Crippen molar-refractivity contribution in [2.45, 2.75) is 24.9 Å². The summed E-state index contributed by atoms with van der Waals surface area (Å²) < 4.78 is 41.5. The number of rotatable bonds is 6. The van der Waals surface area contributed by atoms with Gasteiger partial charge in [0, 0.05) is 29.8 Å². The molecule has 0 unspecified atom stereocenters. The standard InChI is InChI=1S/C26H20F3N5O3/c27-26(28,29)37-18-9-10-31-20(12-18)15-5-7-16(8-6-15)25(36)33-21-13-30-14-32-24(21)34-23-19-4-2-1-3-17(19)11-22(23)35/h1-10,12-14,22-23,35H,11H2,(H,33,36)(H,30,32,34)/t22-,23-/m1/s1. The number of fused-ring (bicyclic) bond motifs is 1. The van der Waals surface area contributed by atoms with E-state index in [2.05, 4.69) is 30.3 Å². The highest BCUT2D eigenvalue weighted by Crippen LogP contribution is 2.35. The Morgan fingerprint density at radius 1 is 1.05 bits per heavy atom. The third-order valence-corrected chi connectivity index (χ3v) is 5.86. The number of carbonyl (C=O) groups excluding carboxylic acids is 1. The average molecular weight is 507 g/mol. The number of hydrogen-bond donors (Lipinski definition) is 3. The molecule has 0 fully saturated rings. The summed E-state index contributed by atoms with van der Waals surface area (Å²) >= 11 is 0. The number of alkyl halides is 3. The van der Waals surface area contributed by atoms with Crippen LogP contribution in [0.2, 0.25) is 0 Å². The average Bonchev–Trinajstić information content (AvgIpc) is 3.19. The molecule has 0 saturated carbocycles. The lowest BCUT2D eigenvalue weighted by Crippen LogP contribution is -2.23. The van der Waals surface area contributed by atoms with Crippen molar-refractivity contribution in [1.82, 2.24) is 15.0 Å². The highest BCUT2D eigenvalue weighted by molar-refractivity contribution is 6.05. The van der Waals surface area contributed by atoms with E-state index in [1.165, 1.54) is 30.9 Å². The van der Waals surface area contributed by atoms with Crippen LogP contribution >= 0.6 is 0 Å². The number of aliphatic hydroxyl groups excluding tert-OH is 1. The Hall–Kier alpha value is -4.51. The lowest BCUT2D eigenvalue weighted by molar-refractivity contribution is -0.274. The van der Waals surface area contributed by atoms with E-state index in [0.717, 1.165) is 23.3 Å². The van der Waals surface area contributed by atoms with E-state index in [1.54, 1.807) is 12.1 Å². The topological polar surface area (TPSA) is 109 Å². The summed E-state index contributed by atoms with van der Waals surface area (Å²) in [5.41, 5.74) is 3.38. The fourth-order valence-electron chi connectivity index (χ4n) is 4.18. The number of halogens is 3. The van der Waals surface area contributed by atoms with Crippen molar-refractivity contribution in [3.8, 4) is 17.0 Å². The predicted octanol–water partition coefficient (Wildman–Crippen LogP) is 4.76. The minimum absolute atomic E-state index is 0.257. The Bertz CT molecular complexity index is 1430. The van der Waals surface area contributed by atoms with E-state index in [-0.39, 0.29) is 5.69 Å². The zero-order chi connectivity index (χ0) is 26.0. The molecule has 0 radical (unpaired) electrons. The van der Waals surface area contributed by atoms with Gasteiger partial charge in [-0.1, -0.05) is 36.4 Å². The number of pyridine rings is 1. The number of nitrogens with one attached hydrogen (secondary N) is 2. The molecule has 2 aromatic heterocycles. The van der Waals surface area contributed by atoms with Gasteiger partial charge in [0.25, 0.3) is 5.91 Å². The molecule has 0 aliphatic heterocycles. The second kappa shape index (κ2) is 9.86. The summed E-state index contributed by atoms with van der Waals surface area (Å²) in [6.07, 6.45) is -0.964. The lowest BCUT2D eigenvalue weighted by Gasteiger charge is -2.20. The highest BCUT2D eigenvalue weighted by atomic mass is 19.4. The molecule has 2 heterocycles. The number of hydrogen-bond acceptors (Lipinski definition) is 7. The maximum atomic E-state index is 12.9. The molecule has 188 valence electrons. The summed E-state index contributed by atoms with van der Waals surface area (Å²) in [5.74, 6) is -0.483. The van der Waals surface area contributed by atoms with Crippen LogP contribution in [0.3, 0.4) is 0 Å². The Morgan fingerprint density at radius 2 is 1.84 bits per heavy atom. The highest BCUT2D eigenvalue weighted by Gasteiger charge is 2.32. The van der Waals surface area contributed by atoms with Crippen LogP contribution in [0.4, 0.5) is 24.7 Å².